The average molecular weight is 322 g/mol. The fourth-order valence-corrected chi connectivity index (χ4v) is 2.86. The second-order valence-corrected chi connectivity index (χ2v) is 6.00. The Labute approximate surface area is 133 Å². The first kappa shape index (κ1) is 15.7. The van der Waals surface area contributed by atoms with Gasteiger partial charge < -0.3 is 11.1 Å². The maximum Gasteiger partial charge on any atom is 0.225 e. The summed E-state index contributed by atoms with van der Waals surface area (Å²) in [5, 5.41) is 4.23. The van der Waals surface area contributed by atoms with E-state index in [1.54, 1.807) is 24.4 Å². The molecule has 0 bridgehead atoms. The third-order valence-electron chi connectivity index (χ3n) is 2.82. The number of aryl methyl sites for hydroxylation is 1. The lowest BCUT2D eigenvalue weighted by Gasteiger charge is -2.09. The van der Waals surface area contributed by atoms with Gasteiger partial charge in [-0.2, -0.15) is 0 Å². The van der Waals surface area contributed by atoms with E-state index in [0.29, 0.717) is 22.9 Å². The van der Waals surface area contributed by atoms with Gasteiger partial charge in [-0.25, -0.2) is 4.98 Å². The molecule has 1 amide bonds. The molecule has 1 heterocycles. The molecule has 6 heteroatoms. The third-order valence-corrected chi connectivity index (χ3v) is 4.24. The number of hydrogen-bond donors (Lipinski definition) is 2. The van der Waals surface area contributed by atoms with Crippen molar-refractivity contribution < 1.29 is 4.79 Å². The van der Waals surface area contributed by atoms with Crippen LogP contribution in [0.4, 0.5) is 11.4 Å². The molecule has 3 N–H and O–H groups in total. The molecule has 21 heavy (non-hydrogen) atoms. The van der Waals surface area contributed by atoms with Crippen LogP contribution in [-0.4, -0.2) is 16.6 Å². The standard InChI is InChI=1S/C15H16ClN3OS/c1-10-9-11(17)4-5-13(10)19-14(20)6-8-21-15-12(16)3-2-7-18-15/h2-5,7,9H,6,8,17H2,1H3,(H,19,20). The van der Waals surface area contributed by atoms with Crippen LogP contribution >= 0.6 is 23.4 Å². The van der Waals surface area contributed by atoms with Crippen molar-refractivity contribution in [1.82, 2.24) is 4.98 Å². The Bertz CT molecular complexity index is 649. The van der Waals surface area contributed by atoms with Gasteiger partial charge in [0.05, 0.1) is 5.02 Å². The average Bonchev–Trinajstić information content (AvgIpc) is 2.44. The molecule has 0 fully saturated rings. The highest BCUT2D eigenvalue weighted by Crippen LogP contribution is 2.24. The summed E-state index contributed by atoms with van der Waals surface area (Å²) in [6.07, 6.45) is 2.08. The van der Waals surface area contributed by atoms with Gasteiger partial charge in [-0.05, 0) is 42.8 Å². The zero-order valence-electron chi connectivity index (χ0n) is 11.6. The summed E-state index contributed by atoms with van der Waals surface area (Å²) in [6, 6.07) is 8.98. The van der Waals surface area contributed by atoms with E-state index in [9.17, 15) is 4.79 Å². The highest BCUT2D eigenvalue weighted by atomic mass is 35.5. The van der Waals surface area contributed by atoms with Crippen molar-refractivity contribution >= 4 is 40.6 Å². The molecule has 4 nitrogen and oxygen atoms in total. The minimum absolute atomic E-state index is 0.0394. The number of halogens is 1. The Balaban J connectivity index is 1.84. The first-order valence-electron chi connectivity index (χ1n) is 6.45. The van der Waals surface area contributed by atoms with Crippen LogP contribution in [0.1, 0.15) is 12.0 Å². The number of carbonyl (C=O) groups excluding carboxylic acids is 1. The van der Waals surface area contributed by atoms with E-state index in [1.165, 1.54) is 11.8 Å². The summed E-state index contributed by atoms with van der Waals surface area (Å²) in [5.74, 6) is 0.582. The number of carbonyl (C=O) groups is 1. The molecule has 0 aliphatic rings. The smallest absolute Gasteiger partial charge is 0.225 e. The molecule has 0 aliphatic carbocycles. The minimum Gasteiger partial charge on any atom is -0.399 e. The SMILES string of the molecule is Cc1cc(N)ccc1NC(=O)CCSc1ncccc1Cl. The van der Waals surface area contributed by atoms with E-state index in [4.69, 9.17) is 17.3 Å². The third kappa shape index (κ3) is 4.65. The molecule has 0 saturated carbocycles. The number of benzene rings is 1. The molecular weight excluding hydrogens is 306 g/mol. The number of anilines is 2. The predicted molar refractivity (Wildman–Crippen MR) is 88.8 cm³/mol. The van der Waals surface area contributed by atoms with Gasteiger partial charge in [0.25, 0.3) is 0 Å². The molecular formula is C15H16ClN3OS. The molecule has 0 saturated heterocycles. The molecule has 0 spiro atoms. The highest BCUT2D eigenvalue weighted by molar-refractivity contribution is 7.99. The molecule has 1 aromatic heterocycles. The van der Waals surface area contributed by atoms with Crippen molar-refractivity contribution in [2.75, 3.05) is 16.8 Å². The molecule has 1 aromatic carbocycles. The van der Waals surface area contributed by atoms with Crippen LogP contribution in [0.25, 0.3) is 0 Å². The minimum atomic E-state index is -0.0394. The summed E-state index contributed by atoms with van der Waals surface area (Å²) in [6.45, 7) is 1.91. The van der Waals surface area contributed by atoms with Gasteiger partial charge in [-0.1, -0.05) is 11.6 Å². The Hall–Kier alpha value is -1.72. The Morgan fingerprint density at radius 1 is 1.43 bits per heavy atom. The van der Waals surface area contributed by atoms with Gasteiger partial charge in [0.15, 0.2) is 0 Å². The van der Waals surface area contributed by atoms with E-state index in [0.717, 1.165) is 16.3 Å². The zero-order chi connectivity index (χ0) is 15.2. The summed E-state index contributed by atoms with van der Waals surface area (Å²) >= 11 is 7.48. The maximum atomic E-state index is 11.9. The number of hydrogen-bond acceptors (Lipinski definition) is 4. The molecule has 0 atom stereocenters. The van der Waals surface area contributed by atoms with Crippen molar-refractivity contribution in [3.05, 3.63) is 47.1 Å². The Morgan fingerprint density at radius 3 is 2.95 bits per heavy atom. The van der Waals surface area contributed by atoms with Gasteiger partial charge in [-0.15, -0.1) is 11.8 Å². The van der Waals surface area contributed by atoms with E-state index in [1.807, 2.05) is 19.1 Å². The van der Waals surface area contributed by atoms with E-state index in [-0.39, 0.29) is 5.91 Å². The van der Waals surface area contributed by atoms with Gasteiger partial charge >= 0.3 is 0 Å². The molecule has 2 aromatic rings. The monoisotopic (exact) mass is 321 g/mol. The number of pyridine rings is 1. The predicted octanol–water partition coefficient (Wildman–Crippen LogP) is 3.75. The van der Waals surface area contributed by atoms with Crippen LogP contribution in [0.2, 0.25) is 5.02 Å². The largest absolute Gasteiger partial charge is 0.399 e. The molecule has 0 unspecified atom stereocenters. The summed E-state index contributed by atoms with van der Waals surface area (Å²) in [4.78, 5) is 16.1. The lowest BCUT2D eigenvalue weighted by atomic mass is 10.2. The highest BCUT2D eigenvalue weighted by Gasteiger charge is 2.07. The van der Waals surface area contributed by atoms with Crippen molar-refractivity contribution in [3.8, 4) is 0 Å². The quantitative estimate of drug-likeness (QED) is 0.650. The van der Waals surface area contributed by atoms with Crippen LogP contribution in [0.5, 0.6) is 0 Å². The van der Waals surface area contributed by atoms with Crippen molar-refractivity contribution in [2.24, 2.45) is 0 Å². The molecule has 110 valence electrons. The number of aromatic nitrogens is 1. The second kappa shape index (κ2) is 7.33. The molecule has 0 radical (unpaired) electrons. The van der Waals surface area contributed by atoms with Crippen LogP contribution < -0.4 is 11.1 Å². The van der Waals surface area contributed by atoms with Crippen molar-refractivity contribution in [1.29, 1.82) is 0 Å². The number of nitrogens with zero attached hydrogens (tertiary/aromatic N) is 1. The summed E-state index contributed by atoms with van der Waals surface area (Å²) < 4.78 is 0. The topological polar surface area (TPSA) is 68.0 Å². The number of nitrogen functional groups attached to an aromatic ring is 1. The van der Waals surface area contributed by atoms with E-state index < -0.39 is 0 Å². The number of amides is 1. The number of nitrogens with one attached hydrogen (secondary N) is 1. The Morgan fingerprint density at radius 2 is 2.24 bits per heavy atom. The van der Waals surface area contributed by atoms with Gasteiger partial charge in [0.2, 0.25) is 5.91 Å². The zero-order valence-corrected chi connectivity index (χ0v) is 13.2. The van der Waals surface area contributed by atoms with Crippen LogP contribution in [-0.2, 0) is 4.79 Å². The lowest BCUT2D eigenvalue weighted by Crippen LogP contribution is -2.13. The fraction of sp³-hybridized carbons (Fsp3) is 0.200. The maximum absolute atomic E-state index is 11.9. The number of thioether (sulfide) groups is 1. The number of rotatable bonds is 5. The van der Waals surface area contributed by atoms with E-state index in [2.05, 4.69) is 10.3 Å². The van der Waals surface area contributed by atoms with Gasteiger partial charge in [0.1, 0.15) is 5.03 Å². The molecule has 0 aliphatic heterocycles. The summed E-state index contributed by atoms with van der Waals surface area (Å²) in [5.41, 5.74) is 8.10. The summed E-state index contributed by atoms with van der Waals surface area (Å²) in [7, 11) is 0. The van der Waals surface area contributed by atoms with Gasteiger partial charge in [0, 0.05) is 29.7 Å². The van der Waals surface area contributed by atoms with Crippen LogP contribution in [0.15, 0.2) is 41.6 Å². The first-order valence-corrected chi connectivity index (χ1v) is 7.82. The van der Waals surface area contributed by atoms with Crippen molar-refractivity contribution in [3.63, 3.8) is 0 Å². The molecule has 2 rings (SSSR count). The first-order chi connectivity index (χ1) is 10.1. The Kier molecular flexibility index (Phi) is 5.47. The van der Waals surface area contributed by atoms with Crippen molar-refractivity contribution in [2.45, 2.75) is 18.4 Å². The number of nitrogens with two attached hydrogens (primary N) is 1. The fourth-order valence-electron chi connectivity index (χ4n) is 1.76. The second-order valence-electron chi connectivity index (χ2n) is 4.51. The van der Waals surface area contributed by atoms with E-state index >= 15 is 0 Å². The lowest BCUT2D eigenvalue weighted by molar-refractivity contribution is -0.115. The van der Waals surface area contributed by atoms with Crippen LogP contribution in [0.3, 0.4) is 0 Å². The normalized spacial score (nSPS) is 10.4. The van der Waals surface area contributed by atoms with Gasteiger partial charge in [-0.3, -0.25) is 4.79 Å². The van der Waals surface area contributed by atoms with Crippen LogP contribution in [0, 0.1) is 6.92 Å².